The van der Waals surface area contributed by atoms with Gasteiger partial charge in [-0.15, -0.1) is 0 Å². The van der Waals surface area contributed by atoms with Crippen molar-refractivity contribution >= 4 is 5.91 Å². The number of amides is 1. The lowest BCUT2D eigenvalue weighted by atomic mass is 9.93. The summed E-state index contributed by atoms with van der Waals surface area (Å²) in [5.74, 6) is 0.819. The van der Waals surface area contributed by atoms with E-state index in [9.17, 15) is 4.79 Å². The lowest BCUT2D eigenvalue weighted by Gasteiger charge is -2.39. The zero-order valence-electron chi connectivity index (χ0n) is 15.0. The number of carbonyl (C=O) groups excluding carboxylic acids is 1. The van der Waals surface area contributed by atoms with Crippen molar-refractivity contribution in [3.8, 4) is 5.75 Å². The van der Waals surface area contributed by atoms with Crippen molar-refractivity contribution in [3.63, 3.8) is 0 Å². The van der Waals surface area contributed by atoms with Crippen molar-refractivity contribution < 1.29 is 14.3 Å². The Kier molecular flexibility index (Phi) is 4.63. The number of ether oxygens (including phenoxy) is 2. The fourth-order valence-corrected chi connectivity index (χ4v) is 3.77. The molecule has 138 valence electrons. The van der Waals surface area contributed by atoms with E-state index in [0.717, 1.165) is 24.2 Å². The highest BCUT2D eigenvalue weighted by Crippen LogP contribution is 2.35. The normalized spacial score (nSPS) is 20.1. The quantitative estimate of drug-likeness (QED) is 0.840. The molecule has 3 heterocycles. The molecular weight excluding hydrogens is 332 g/mol. The molecule has 1 aromatic carbocycles. The number of hydrogen-bond donors (Lipinski definition) is 0. The highest BCUT2D eigenvalue weighted by Gasteiger charge is 2.41. The smallest absolute Gasteiger partial charge is 0.227 e. The van der Waals surface area contributed by atoms with Gasteiger partial charge in [-0.3, -0.25) is 9.48 Å². The van der Waals surface area contributed by atoms with E-state index >= 15 is 0 Å². The summed E-state index contributed by atoms with van der Waals surface area (Å²) in [7, 11) is 0. The first-order valence-corrected chi connectivity index (χ1v) is 9.11. The Morgan fingerprint density at radius 3 is 2.88 bits per heavy atom. The van der Waals surface area contributed by atoms with Crippen LogP contribution >= 0.6 is 0 Å². The largest absolute Gasteiger partial charge is 0.485 e. The Balaban J connectivity index is 1.58. The molecule has 1 saturated heterocycles. The molecule has 1 spiro atoms. The molecule has 2 aliphatic heterocycles. The monoisotopic (exact) mass is 356 g/mol. The van der Waals surface area contributed by atoms with Gasteiger partial charge in [-0.05, 0) is 6.07 Å². The van der Waals surface area contributed by atoms with E-state index in [4.69, 9.17) is 9.47 Å². The van der Waals surface area contributed by atoms with Crippen LogP contribution in [0.1, 0.15) is 25.3 Å². The second-order valence-electron chi connectivity index (χ2n) is 7.22. The Bertz CT molecular complexity index is 756. The molecule has 0 aliphatic carbocycles. The molecule has 0 bridgehead atoms. The SMILES string of the molecule is CC(Cn1cncn1)C(=O)N1Cc2ccccc2OC2(CCOCC2)C1. The van der Waals surface area contributed by atoms with Crippen molar-refractivity contribution in [2.24, 2.45) is 5.92 Å². The van der Waals surface area contributed by atoms with Gasteiger partial charge in [0.15, 0.2) is 0 Å². The van der Waals surface area contributed by atoms with Crippen LogP contribution < -0.4 is 4.74 Å². The van der Waals surface area contributed by atoms with Crippen molar-refractivity contribution in [1.82, 2.24) is 19.7 Å². The van der Waals surface area contributed by atoms with Gasteiger partial charge in [0.05, 0.1) is 32.2 Å². The topological polar surface area (TPSA) is 69.5 Å². The minimum absolute atomic E-state index is 0.117. The molecule has 1 atom stereocenters. The van der Waals surface area contributed by atoms with Crippen LogP contribution in [-0.4, -0.2) is 50.9 Å². The van der Waals surface area contributed by atoms with Gasteiger partial charge >= 0.3 is 0 Å². The zero-order valence-corrected chi connectivity index (χ0v) is 15.0. The van der Waals surface area contributed by atoms with Crippen LogP contribution in [0, 0.1) is 5.92 Å². The van der Waals surface area contributed by atoms with Crippen LogP contribution in [0.25, 0.3) is 0 Å². The molecule has 0 radical (unpaired) electrons. The second kappa shape index (κ2) is 7.07. The standard InChI is InChI=1S/C19H24N4O3/c1-15(10-23-14-20-13-21-23)18(24)22-11-16-4-2-3-5-17(16)26-19(12-22)6-8-25-9-7-19/h2-5,13-15H,6-12H2,1H3. The number of benzene rings is 1. The van der Waals surface area contributed by atoms with Gasteiger partial charge in [0.25, 0.3) is 0 Å². The summed E-state index contributed by atoms with van der Waals surface area (Å²) in [5, 5.41) is 4.12. The minimum Gasteiger partial charge on any atom is -0.485 e. The molecule has 4 rings (SSSR count). The van der Waals surface area contributed by atoms with Crippen molar-refractivity contribution in [1.29, 1.82) is 0 Å². The first-order valence-electron chi connectivity index (χ1n) is 9.11. The first kappa shape index (κ1) is 17.0. The molecular formula is C19H24N4O3. The first-order chi connectivity index (χ1) is 12.7. The average Bonchev–Trinajstić information content (AvgIpc) is 3.10. The van der Waals surface area contributed by atoms with Crippen LogP contribution in [0.3, 0.4) is 0 Å². The molecule has 1 fully saturated rings. The summed E-state index contributed by atoms with van der Waals surface area (Å²) < 4.78 is 13.7. The van der Waals surface area contributed by atoms with E-state index in [1.54, 1.807) is 11.0 Å². The van der Waals surface area contributed by atoms with E-state index < -0.39 is 0 Å². The summed E-state index contributed by atoms with van der Waals surface area (Å²) >= 11 is 0. The van der Waals surface area contributed by atoms with Crippen molar-refractivity contribution in [3.05, 3.63) is 42.5 Å². The van der Waals surface area contributed by atoms with Crippen LogP contribution in [0.5, 0.6) is 5.75 Å². The van der Waals surface area contributed by atoms with Crippen LogP contribution in [0.2, 0.25) is 0 Å². The number of fused-ring (bicyclic) bond motifs is 1. The number of aromatic nitrogens is 3. The third kappa shape index (κ3) is 3.44. The maximum atomic E-state index is 13.2. The third-order valence-electron chi connectivity index (χ3n) is 5.20. The van der Waals surface area contributed by atoms with Crippen LogP contribution in [0.4, 0.5) is 0 Å². The van der Waals surface area contributed by atoms with E-state index in [-0.39, 0.29) is 17.4 Å². The van der Waals surface area contributed by atoms with Crippen molar-refractivity contribution in [2.45, 2.75) is 38.5 Å². The molecule has 1 unspecified atom stereocenters. The van der Waals surface area contributed by atoms with Crippen molar-refractivity contribution in [2.75, 3.05) is 19.8 Å². The maximum absolute atomic E-state index is 13.2. The summed E-state index contributed by atoms with van der Waals surface area (Å²) in [5.41, 5.74) is 0.685. The van der Waals surface area contributed by atoms with Gasteiger partial charge in [-0.2, -0.15) is 5.10 Å². The fourth-order valence-electron chi connectivity index (χ4n) is 3.77. The third-order valence-corrected chi connectivity index (χ3v) is 5.20. The number of para-hydroxylation sites is 1. The molecule has 2 aliphatic rings. The van der Waals surface area contributed by atoms with Gasteiger partial charge in [0.1, 0.15) is 24.0 Å². The number of rotatable bonds is 3. The summed E-state index contributed by atoms with van der Waals surface area (Å²) in [6.07, 6.45) is 4.72. The minimum atomic E-state index is -0.368. The maximum Gasteiger partial charge on any atom is 0.227 e. The van der Waals surface area contributed by atoms with E-state index in [2.05, 4.69) is 10.1 Å². The Hall–Kier alpha value is -2.41. The zero-order chi connectivity index (χ0) is 18.0. The van der Waals surface area contributed by atoms with Gasteiger partial charge in [0, 0.05) is 24.9 Å². The molecule has 7 nitrogen and oxygen atoms in total. The Labute approximate surface area is 152 Å². The van der Waals surface area contributed by atoms with Crippen LogP contribution in [-0.2, 0) is 22.6 Å². The Morgan fingerprint density at radius 1 is 1.31 bits per heavy atom. The van der Waals surface area contributed by atoms with Crippen LogP contribution in [0.15, 0.2) is 36.9 Å². The van der Waals surface area contributed by atoms with Gasteiger partial charge in [0.2, 0.25) is 5.91 Å². The number of nitrogens with zero attached hydrogens (tertiary/aromatic N) is 4. The van der Waals surface area contributed by atoms with Gasteiger partial charge < -0.3 is 14.4 Å². The average molecular weight is 356 g/mol. The molecule has 0 saturated carbocycles. The molecule has 26 heavy (non-hydrogen) atoms. The molecule has 7 heteroatoms. The highest BCUT2D eigenvalue weighted by molar-refractivity contribution is 5.78. The molecule has 1 amide bonds. The molecule has 1 aromatic heterocycles. The molecule has 2 aromatic rings. The lowest BCUT2D eigenvalue weighted by molar-refractivity contribution is -0.140. The Morgan fingerprint density at radius 2 is 2.12 bits per heavy atom. The predicted molar refractivity (Wildman–Crippen MR) is 94.5 cm³/mol. The number of carbonyl (C=O) groups is 1. The number of hydrogen-bond acceptors (Lipinski definition) is 5. The van der Waals surface area contributed by atoms with E-state index in [0.29, 0.717) is 32.8 Å². The summed E-state index contributed by atoms with van der Waals surface area (Å²) in [4.78, 5) is 19.1. The van der Waals surface area contributed by atoms with E-state index in [1.165, 1.54) is 6.33 Å². The summed E-state index contributed by atoms with van der Waals surface area (Å²) in [6, 6.07) is 8.01. The molecule has 0 N–H and O–H groups in total. The lowest BCUT2D eigenvalue weighted by Crippen LogP contribution is -2.51. The van der Waals surface area contributed by atoms with Gasteiger partial charge in [-0.25, -0.2) is 4.98 Å². The highest BCUT2D eigenvalue weighted by atomic mass is 16.5. The predicted octanol–water partition coefficient (Wildman–Crippen LogP) is 1.88. The fraction of sp³-hybridized carbons (Fsp3) is 0.526. The second-order valence-corrected chi connectivity index (χ2v) is 7.22. The van der Waals surface area contributed by atoms with E-state index in [1.807, 2.05) is 36.1 Å². The van der Waals surface area contributed by atoms with Gasteiger partial charge in [-0.1, -0.05) is 25.1 Å². The summed E-state index contributed by atoms with van der Waals surface area (Å²) in [6.45, 7) is 4.95.